The molecule has 1 amide bonds. The predicted octanol–water partition coefficient (Wildman–Crippen LogP) is 2.94. The molecule has 0 aliphatic carbocycles. The number of hydrogen-bond donors (Lipinski definition) is 3. The van der Waals surface area contributed by atoms with Gasteiger partial charge in [-0.05, 0) is 29.6 Å². The topological polar surface area (TPSA) is 94.7 Å². The first-order chi connectivity index (χ1) is 9.69. The Morgan fingerprint density at radius 2 is 2.25 bits per heavy atom. The Hall–Kier alpha value is -2.78. The summed E-state index contributed by atoms with van der Waals surface area (Å²) < 4.78 is 0. The van der Waals surface area contributed by atoms with E-state index >= 15 is 0 Å². The molecule has 0 saturated heterocycles. The van der Waals surface area contributed by atoms with E-state index in [2.05, 4.69) is 10.3 Å². The molecule has 3 aromatic rings. The maximum absolute atomic E-state index is 12.3. The number of rotatable bonds is 2. The molecule has 2 aromatic heterocycles. The van der Waals surface area contributed by atoms with Gasteiger partial charge in [0.2, 0.25) is 0 Å². The van der Waals surface area contributed by atoms with Crippen molar-refractivity contribution in [2.75, 3.05) is 11.1 Å². The molecular weight excluding hydrogens is 272 g/mol. The fourth-order valence-corrected chi connectivity index (χ4v) is 2.72. The molecule has 98 valence electrons. The van der Waals surface area contributed by atoms with Crippen molar-refractivity contribution in [1.29, 1.82) is 5.26 Å². The number of nitrogen functional groups attached to an aromatic ring is 1. The molecule has 2 heterocycles. The first-order valence-electron chi connectivity index (χ1n) is 5.84. The average molecular weight is 282 g/mol. The molecular formula is C14H10N4OS. The standard InChI is InChI=1S/C14H10N4OS/c15-6-8-3-4-20-14(8)18-13(19)11-7-17-12-2-1-9(16)5-10(11)12/h1-5,7,17H,16H2,(H,18,19). The van der Waals surface area contributed by atoms with Crippen molar-refractivity contribution < 1.29 is 4.79 Å². The molecule has 5 nitrogen and oxygen atoms in total. The summed E-state index contributed by atoms with van der Waals surface area (Å²) in [6.45, 7) is 0. The molecule has 3 rings (SSSR count). The summed E-state index contributed by atoms with van der Waals surface area (Å²) >= 11 is 1.32. The molecule has 0 unspecified atom stereocenters. The van der Waals surface area contributed by atoms with Gasteiger partial charge in [-0.25, -0.2) is 0 Å². The van der Waals surface area contributed by atoms with Crippen molar-refractivity contribution >= 4 is 38.8 Å². The van der Waals surface area contributed by atoms with Crippen molar-refractivity contribution in [3.05, 3.63) is 47.0 Å². The Morgan fingerprint density at radius 1 is 1.40 bits per heavy atom. The lowest BCUT2D eigenvalue weighted by Crippen LogP contribution is -2.11. The lowest BCUT2D eigenvalue weighted by molar-refractivity contribution is 0.102. The van der Waals surface area contributed by atoms with Gasteiger partial charge in [-0.3, -0.25) is 4.79 Å². The molecule has 0 spiro atoms. The van der Waals surface area contributed by atoms with Gasteiger partial charge in [-0.2, -0.15) is 5.26 Å². The van der Waals surface area contributed by atoms with Crippen LogP contribution >= 0.6 is 11.3 Å². The van der Waals surface area contributed by atoms with Gasteiger partial charge in [0.25, 0.3) is 5.91 Å². The van der Waals surface area contributed by atoms with E-state index in [9.17, 15) is 4.79 Å². The Bertz CT molecular complexity index is 840. The molecule has 20 heavy (non-hydrogen) atoms. The van der Waals surface area contributed by atoms with Crippen LogP contribution in [0.15, 0.2) is 35.8 Å². The third-order valence-corrected chi connectivity index (χ3v) is 3.79. The van der Waals surface area contributed by atoms with E-state index in [1.54, 1.807) is 29.8 Å². The third kappa shape index (κ3) is 2.00. The second-order valence-corrected chi connectivity index (χ2v) is 5.15. The highest BCUT2D eigenvalue weighted by Crippen LogP contribution is 2.25. The second-order valence-electron chi connectivity index (χ2n) is 4.24. The van der Waals surface area contributed by atoms with Crippen LogP contribution in [0.1, 0.15) is 15.9 Å². The van der Waals surface area contributed by atoms with Gasteiger partial charge in [0.05, 0.1) is 11.1 Å². The summed E-state index contributed by atoms with van der Waals surface area (Å²) in [5.74, 6) is -0.263. The number of amides is 1. The molecule has 0 atom stereocenters. The van der Waals surface area contributed by atoms with E-state index < -0.39 is 0 Å². The largest absolute Gasteiger partial charge is 0.399 e. The number of carbonyl (C=O) groups is 1. The molecule has 0 bridgehead atoms. The monoisotopic (exact) mass is 282 g/mol. The Morgan fingerprint density at radius 3 is 3.05 bits per heavy atom. The average Bonchev–Trinajstić information content (AvgIpc) is 3.04. The molecule has 6 heteroatoms. The summed E-state index contributed by atoms with van der Waals surface area (Å²) in [5.41, 5.74) is 8.15. The smallest absolute Gasteiger partial charge is 0.258 e. The van der Waals surface area contributed by atoms with Gasteiger partial charge >= 0.3 is 0 Å². The Labute approximate surface area is 118 Å². The highest BCUT2D eigenvalue weighted by molar-refractivity contribution is 7.14. The van der Waals surface area contributed by atoms with Crippen LogP contribution in [0.25, 0.3) is 10.9 Å². The number of nitrogens with two attached hydrogens (primary N) is 1. The molecule has 1 aromatic carbocycles. The number of nitriles is 1. The van der Waals surface area contributed by atoms with E-state index in [1.165, 1.54) is 11.3 Å². The molecule has 0 aliphatic rings. The van der Waals surface area contributed by atoms with Gasteiger partial charge in [-0.15, -0.1) is 11.3 Å². The van der Waals surface area contributed by atoms with Gasteiger partial charge in [0.15, 0.2) is 0 Å². The van der Waals surface area contributed by atoms with Crippen LogP contribution in [0.4, 0.5) is 10.7 Å². The van der Waals surface area contributed by atoms with Crippen LogP contribution in [0.2, 0.25) is 0 Å². The minimum absolute atomic E-state index is 0.263. The quantitative estimate of drug-likeness (QED) is 0.631. The number of aromatic amines is 1. The summed E-state index contributed by atoms with van der Waals surface area (Å²) in [6.07, 6.45) is 1.64. The lowest BCUT2D eigenvalue weighted by atomic mass is 10.1. The Balaban J connectivity index is 1.97. The van der Waals surface area contributed by atoms with E-state index in [0.717, 1.165) is 10.9 Å². The zero-order valence-electron chi connectivity index (χ0n) is 10.3. The zero-order valence-corrected chi connectivity index (χ0v) is 11.1. The summed E-state index contributed by atoms with van der Waals surface area (Å²) in [7, 11) is 0. The number of carbonyl (C=O) groups excluding carboxylic acids is 1. The molecule has 4 N–H and O–H groups in total. The van der Waals surface area contributed by atoms with Gasteiger partial charge in [0, 0.05) is 22.8 Å². The van der Waals surface area contributed by atoms with E-state index in [-0.39, 0.29) is 5.91 Å². The normalized spacial score (nSPS) is 10.3. The molecule has 0 aliphatic heterocycles. The number of benzene rings is 1. The minimum Gasteiger partial charge on any atom is -0.399 e. The number of H-pyrrole nitrogens is 1. The lowest BCUT2D eigenvalue weighted by Gasteiger charge is -2.02. The number of fused-ring (bicyclic) bond motifs is 1. The molecule has 0 fully saturated rings. The minimum atomic E-state index is -0.263. The van der Waals surface area contributed by atoms with Gasteiger partial charge < -0.3 is 16.0 Å². The fraction of sp³-hybridized carbons (Fsp3) is 0. The van der Waals surface area contributed by atoms with Crippen LogP contribution in [0, 0.1) is 11.3 Å². The van der Waals surface area contributed by atoms with Crippen molar-refractivity contribution in [3.63, 3.8) is 0 Å². The number of hydrogen-bond acceptors (Lipinski definition) is 4. The number of nitrogens with one attached hydrogen (secondary N) is 2. The summed E-state index contributed by atoms with van der Waals surface area (Å²) in [6, 6.07) is 9.06. The third-order valence-electron chi connectivity index (χ3n) is 2.96. The first kappa shape index (κ1) is 12.3. The van der Waals surface area contributed by atoms with E-state index in [4.69, 9.17) is 11.0 Å². The van der Waals surface area contributed by atoms with Crippen LogP contribution in [-0.4, -0.2) is 10.9 Å². The summed E-state index contributed by atoms with van der Waals surface area (Å²) in [4.78, 5) is 15.3. The fourth-order valence-electron chi connectivity index (χ4n) is 1.99. The number of anilines is 2. The van der Waals surface area contributed by atoms with Crippen molar-refractivity contribution in [3.8, 4) is 6.07 Å². The van der Waals surface area contributed by atoms with Crippen LogP contribution in [-0.2, 0) is 0 Å². The Kier molecular flexibility index (Phi) is 2.89. The highest BCUT2D eigenvalue weighted by atomic mass is 32.1. The van der Waals surface area contributed by atoms with Crippen molar-refractivity contribution in [2.24, 2.45) is 0 Å². The second kappa shape index (κ2) is 4.72. The van der Waals surface area contributed by atoms with Crippen molar-refractivity contribution in [2.45, 2.75) is 0 Å². The van der Waals surface area contributed by atoms with Gasteiger partial charge in [-0.1, -0.05) is 0 Å². The highest BCUT2D eigenvalue weighted by Gasteiger charge is 2.14. The van der Waals surface area contributed by atoms with E-state index in [1.807, 2.05) is 12.1 Å². The van der Waals surface area contributed by atoms with E-state index in [0.29, 0.717) is 21.8 Å². The van der Waals surface area contributed by atoms with Crippen molar-refractivity contribution in [1.82, 2.24) is 4.98 Å². The van der Waals surface area contributed by atoms with Crippen LogP contribution in [0.3, 0.4) is 0 Å². The maximum atomic E-state index is 12.3. The number of aromatic nitrogens is 1. The van der Waals surface area contributed by atoms with Crippen LogP contribution in [0.5, 0.6) is 0 Å². The number of thiophene rings is 1. The number of nitrogens with zero attached hydrogens (tertiary/aromatic N) is 1. The maximum Gasteiger partial charge on any atom is 0.258 e. The zero-order chi connectivity index (χ0) is 14.1. The summed E-state index contributed by atoms with van der Waals surface area (Å²) in [5, 5.41) is 14.8. The molecule has 0 radical (unpaired) electrons. The van der Waals surface area contributed by atoms with Gasteiger partial charge in [0.1, 0.15) is 11.1 Å². The first-order valence-corrected chi connectivity index (χ1v) is 6.72. The predicted molar refractivity (Wildman–Crippen MR) is 79.7 cm³/mol. The van der Waals surface area contributed by atoms with Crippen LogP contribution < -0.4 is 11.1 Å². The SMILES string of the molecule is N#Cc1ccsc1NC(=O)c1c[nH]c2ccc(N)cc12. The molecule has 0 saturated carbocycles.